The van der Waals surface area contributed by atoms with E-state index in [1.165, 1.54) is 15.3 Å². The van der Waals surface area contributed by atoms with Crippen LogP contribution in [0, 0.1) is 13.8 Å². The lowest BCUT2D eigenvalue weighted by Gasteiger charge is -2.17. The fraction of sp³-hybridized carbons (Fsp3) is 0.333. The minimum Gasteiger partial charge on any atom is -0.497 e. The van der Waals surface area contributed by atoms with Crippen LogP contribution < -0.4 is 10.1 Å². The fourth-order valence-corrected chi connectivity index (χ4v) is 3.33. The molecule has 0 saturated heterocycles. The molecule has 1 N–H and O–H groups in total. The van der Waals surface area contributed by atoms with E-state index in [-0.39, 0.29) is 6.04 Å². The Morgan fingerprint density at radius 3 is 2.58 bits per heavy atom. The third-order valence-electron chi connectivity index (χ3n) is 3.09. The summed E-state index contributed by atoms with van der Waals surface area (Å²) in [6.45, 7) is 6.43. The van der Waals surface area contributed by atoms with Crippen molar-refractivity contribution in [2.75, 3.05) is 12.4 Å². The molecule has 0 bridgehead atoms. The number of nitrogens with one attached hydrogen (secondary N) is 1. The van der Waals surface area contributed by atoms with Gasteiger partial charge in [-0.25, -0.2) is 0 Å². The number of hydrogen-bond donors (Lipinski definition) is 1. The van der Waals surface area contributed by atoms with Gasteiger partial charge in [0.25, 0.3) is 0 Å². The summed E-state index contributed by atoms with van der Waals surface area (Å²) in [5, 5.41) is 4.16. The van der Waals surface area contributed by atoms with Gasteiger partial charge in [-0.3, -0.25) is 0 Å². The van der Waals surface area contributed by atoms with Crippen molar-refractivity contribution in [3.63, 3.8) is 0 Å². The Morgan fingerprint density at radius 1 is 1.26 bits per heavy atom. The molecule has 0 aliphatic heterocycles. The molecule has 19 heavy (non-hydrogen) atoms. The number of benzene rings is 1. The summed E-state index contributed by atoms with van der Waals surface area (Å²) in [5.74, 6) is 0.803. The van der Waals surface area contributed by atoms with Gasteiger partial charge in [0, 0.05) is 21.9 Å². The van der Waals surface area contributed by atoms with Crippen LogP contribution in [0.25, 0.3) is 0 Å². The minimum atomic E-state index is 0.217. The summed E-state index contributed by atoms with van der Waals surface area (Å²) in [5.41, 5.74) is 2.22. The zero-order chi connectivity index (χ0) is 14.0. The van der Waals surface area contributed by atoms with Crippen molar-refractivity contribution in [1.82, 2.24) is 0 Å². The molecule has 2 aromatic rings. The molecule has 2 nitrogen and oxygen atoms in total. The molecule has 4 heteroatoms. The van der Waals surface area contributed by atoms with E-state index >= 15 is 0 Å². The molecule has 2 rings (SSSR count). The number of rotatable bonds is 4. The van der Waals surface area contributed by atoms with Gasteiger partial charge in [-0.15, -0.1) is 11.3 Å². The van der Waals surface area contributed by atoms with Gasteiger partial charge in [0.1, 0.15) is 5.75 Å². The van der Waals surface area contributed by atoms with E-state index in [1.54, 1.807) is 7.11 Å². The highest BCUT2D eigenvalue weighted by Crippen LogP contribution is 2.32. The number of halogens is 1. The number of hydrogen-bond acceptors (Lipinski definition) is 3. The van der Waals surface area contributed by atoms with E-state index in [0.717, 1.165) is 11.4 Å². The van der Waals surface area contributed by atoms with Crippen LogP contribution in [-0.4, -0.2) is 7.11 Å². The highest BCUT2D eigenvalue weighted by Gasteiger charge is 2.13. The Balaban J connectivity index is 2.23. The van der Waals surface area contributed by atoms with Crippen LogP contribution in [0.3, 0.4) is 0 Å². The molecule has 0 radical (unpaired) electrons. The van der Waals surface area contributed by atoms with Crippen molar-refractivity contribution in [1.29, 1.82) is 0 Å². The van der Waals surface area contributed by atoms with Gasteiger partial charge in [0.15, 0.2) is 0 Å². The molecular weight excluding hydrogens is 278 g/mol. The minimum absolute atomic E-state index is 0.217. The third kappa shape index (κ3) is 3.23. The number of aryl methyl sites for hydroxylation is 2. The Bertz CT molecular complexity index is 580. The van der Waals surface area contributed by atoms with Crippen LogP contribution in [-0.2, 0) is 0 Å². The van der Waals surface area contributed by atoms with E-state index in [0.29, 0.717) is 5.02 Å². The van der Waals surface area contributed by atoms with Crippen molar-refractivity contribution in [3.8, 4) is 5.75 Å². The Kier molecular flexibility index (Phi) is 4.38. The van der Waals surface area contributed by atoms with Crippen LogP contribution in [0.2, 0.25) is 5.02 Å². The largest absolute Gasteiger partial charge is 0.497 e. The molecule has 0 spiro atoms. The molecule has 0 aliphatic carbocycles. The smallest absolute Gasteiger partial charge is 0.121 e. The normalized spacial score (nSPS) is 12.3. The van der Waals surface area contributed by atoms with Gasteiger partial charge in [-0.05, 0) is 44.5 Å². The quantitative estimate of drug-likeness (QED) is 0.837. The second-order valence-electron chi connectivity index (χ2n) is 4.58. The molecule has 1 aromatic heterocycles. The van der Waals surface area contributed by atoms with Crippen molar-refractivity contribution in [2.45, 2.75) is 26.8 Å². The van der Waals surface area contributed by atoms with Crippen molar-refractivity contribution in [2.24, 2.45) is 0 Å². The first kappa shape index (κ1) is 14.2. The summed E-state index contributed by atoms with van der Waals surface area (Å²) in [4.78, 5) is 2.68. The Hall–Kier alpha value is -1.19. The van der Waals surface area contributed by atoms with Gasteiger partial charge >= 0.3 is 0 Å². The standard InChI is InChI=1S/C15H18ClNOS/c1-9-7-13(11(3)19-9)10(2)17-15-8-12(18-4)5-6-14(15)16/h5-8,10,17H,1-4H3. The summed E-state index contributed by atoms with van der Waals surface area (Å²) < 4.78 is 5.23. The van der Waals surface area contributed by atoms with Crippen LogP contribution >= 0.6 is 22.9 Å². The maximum Gasteiger partial charge on any atom is 0.121 e. The van der Waals surface area contributed by atoms with Gasteiger partial charge < -0.3 is 10.1 Å². The average molecular weight is 296 g/mol. The van der Waals surface area contributed by atoms with Gasteiger partial charge in [-0.2, -0.15) is 0 Å². The summed E-state index contributed by atoms with van der Waals surface area (Å²) in [7, 11) is 1.66. The molecule has 1 heterocycles. The first-order valence-corrected chi connectivity index (χ1v) is 7.37. The fourth-order valence-electron chi connectivity index (χ4n) is 2.13. The van der Waals surface area contributed by atoms with Crippen molar-refractivity contribution in [3.05, 3.63) is 44.6 Å². The second-order valence-corrected chi connectivity index (χ2v) is 6.45. The van der Waals surface area contributed by atoms with Crippen LogP contribution in [0.5, 0.6) is 5.75 Å². The monoisotopic (exact) mass is 295 g/mol. The SMILES string of the molecule is COc1ccc(Cl)c(NC(C)c2cc(C)sc2C)c1. The van der Waals surface area contributed by atoms with Gasteiger partial charge in [0.2, 0.25) is 0 Å². The van der Waals surface area contributed by atoms with Gasteiger partial charge in [0.05, 0.1) is 17.8 Å². The second kappa shape index (κ2) is 5.85. The van der Waals surface area contributed by atoms with E-state index < -0.39 is 0 Å². The lowest BCUT2D eigenvalue weighted by atomic mass is 10.1. The molecule has 1 unspecified atom stereocenters. The highest BCUT2D eigenvalue weighted by atomic mass is 35.5. The van der Waals surface area contributed by atoms with E-state index in [4.69, 9.17) is 16.3 Å². The summed E-state index contributed by atoms with van der Waals surface area (Å²) >= 11 is 8.04. The predicted octanol–water partition coefficient (Wildman–Crippen LogP) is 5.20. The summed E-state index contributed by atoms with van der Waals surface area (Å²) in [6, 6.07) is 8.08. The topological polar surface area (TPSA) is 21.3 Å². The zero-order valence-electron chi connectivity index (χ0n) is 11.6. The van der Waals surface area contributed by atoms with Gasteiger partial charge in [-0.1, -0.05) is 11.6 Å². The number of ether oxygens (including phenoxy) is 1. The average Bonchev–Trinajstić information content (AvgIpc) is 2.71. The number of anilines is 1. The zero-order valence-corrected chi connectivity index (χ0v) is 13.2. The lowest BCUT2D eigenvalue weighted by molar-refractivity contribution is 0.415. The van der Waals surface area contributed by atoms with Crippen molar-refractivity contribution < 1.29 is 4.74 Å². The molecule has 1 atom stereocenters. The van der Waals surface area contributed by atoms with E-state index in [2.05, 4.69) is 32.2 Å². The lowest BCUT2D eigenvalue weighted by Crippen LogP contribution is -2.07. The molecule has 0 aliphatic rings. The van der Waals surface area contributed by atoms with E-state index in [9.17, 15) is 0 Å². The molecule has 0 fully saturated rings. The molecule has 102 valence electrons. The third-order valence-corrected chi connectivity index (χ3v) is 4.40. The number of thiophene rings is 1. The van der Waals surface area contributed by atoms with Crippen LogP contribution in [0.15, 0.2) is 24.3 Å². The van der Waals surface area contributed by atoms with Crippen LogP contribution in [0.1, 0.15) is 28.3 Å². The summed E-state index contributed by atoms with van der Waals surface area (Å²) in [6.07, 6.45) is 0. The van der Waals surface area contributed by atoms with Crippen molar-refractivity contribution >= 4 is 28.6 Å². The maximum atomic E-state index is 6.21. The van der Waals surface area contributed by atoms with E-state index in [1.807, 2.05) is 29.5 Å². The predicted molar refractivity (Wildman–Crippen MR) is 83.8 cm³/mol. The van der Waals surface area contributed by atoms with Crippen LogP contribution in [0.4, 0.5) is 5.69 Å². The maximum absolute atomic E-state index is 6.21. The Labute approximate surface area is 123 Å². The molecule has 0 amide bonds. The first-order chi connectivity index (χ1) is 9.01. The first-order valence-electron chi connectivity index (χ1n) is 6.18. The molecule has 0 saturated carbocycles. The molecular formula is C15H18ClNOS. The Morgan fingerprint density at radius 2 is 2.00 bits per heavy atom. The molecule has 1 aromatic carbocycles. The number of methoxy groups -OCH3 is 1. The highest BCUT2D eigenvalue weighted by molar-refractivity contribution is 7.12.